The van der Waals surface area contributed by atoms with Crippen molar-refractivity contribution in [1.82, 2.24) is 10.1 Å². The molecule has 0 spiro atoms. The molecular weight excluding hydrogens is 553 g/mol. The number of aromatic nitrogens is 2. The lowest BCUT2D eigenvalue weighted by atomic mass is 9.94. The molecule has 37 heavy (non-hydrogen) atoms. The number of aryl methyl sites for hydroxylation is 1. The fourth-order valence-corrected chi connectivity index (χ4v) is 6.32. The van der Waals surface area contributed by atoms with E-state index in [1.54, 1.807) is 54.7 Å². The largest absolute Gasteiger partial charge is 0.333 e. The first-order valence-corrected chi connectivity index (χ1v) is 14.3. The number of hydrogen-bond acceptors (Lipinski definition) is 6. The van der Waals surface area contributed by atoms with Crippen LogP contribution in [0.2, 0.25) is 10.0 Å². The third-order valence-electron chi connectivity index (χ3n) is 6.48. The lowest BCUT2D eigenvalue weighted by Crippen LogP contribution is -2.16. The van der Waals surface area contributed by atoms with Crippen LogP contribution in [-0.2, 0) is 27.7 Å². The van der Waals surface area contributed by atoms with Gasteiger partial charge in [0.25, 0.3) is 5.89 Å². The van der Waals surface area contributed by atoms with Crippen molar-refractivity contribution in [3.8, 4) is 10.8 Å². The van der Waals surface area contributed by atoms with Crippen molar-refractivity contribution in [3.05, 3.63) is 86.0 Å². The van der Waals surface area contributed by atoms with E-state index in [2.05, 4.69) is 15.5 Å². The van der Waals surface area contributed by atoms with Crippen LogP contribution in [0.25, 0.3) is 10.8 Å². The Kier molecular flexibility index (Phi) is 7.26. The monoisotopic (exact) mass is 575 g/mol. The summed E-state index contributed by atoms with van der Waals surface area (Å²) in [6.45, 7) is 3.69. The first kappa shape index (κ1) is 26.1. The summed E-state index contributed by atoms with van der Waals surface area (Å²) in [5, 5.41) is 7.44. The van der Waals surface area contributed by atoms with Crippen molar-refractivity contribution in [2.24, 2.45) is 0 Å². The minimum absolute atomic E-state index is 0.131. The van der Waals surface area contributed by atoms with E-state index in [4.69, 9.17) is 27.7 Å². The summed E-state index contributed by atoms with van der Waals surface area (Å²) in [5.41, 5.74) is 2.21. The fourth-order valence-electron chi connectivity index (χ4n) is 4.29. The molecule has 2 atom stereocenters. The molecule has 0 radical (unpaired) electrons. The third kappa shape index (κ3) is 5.37. The Hall–Kier alpha value is -2.56. The van der Waals surface area contributed by atoms with Gasteiger partial charge >= 0.3 is 0 Å². The van der Waals surface area contributed by atoms with Gasteiger partial charge in [0.15, 0.2) is 16.9 Å². The van der Waals surface area contributed by atoms with Crippen LogP contribution in [0.15, 0.2) is 53.1 Å². The van der Waals surface area contributed by atoms with Gasteiger partial charge in [0, 0.05) is 26.2 Å². The lowest BCUT2D eigenvalue weighted by molar-refractivity contribution is -0.115. The molecule has 2 aromatic carbocycles. The topological polar surface area (TPSA) is 105 Å². The average molecular weight is 577 g/mol. The first-order valence-electron chi connectivity index (χ1n) is 11.5. The standard InChI is InChI=1S/C26H23Cl2N3O4S2/c1-14-3-8-21(36-14)24-30-25(31-35-24)26(9-10-26)23-19(27)12-18(13-20(23)28)29-22(32)11-16-4-6-17(7-5-16)15(2)37(33)34/h3-8,12-13,15H,9-11H2,1-2H3,(H,29,32)(H,33,34). The molecule has 1 fully saturated rings. The summed E-state index contributed by atoms with van der Waals surface area (Å²) < 4.78 is 26.1. The molecule has 2 unspecified atom stereocenters. The van der Waals surface area contributed by atoms with Crippen molar-refractivity contribution in [1.29, 1.82) is 0 Å². The minimum atomic E-state index is -1.95. The Morgan fingerprint density at radius 1 is 1.19 bits per heavy atom. The van der Waals surface area contributed by atoms with Gasteiger partial charge in [-0.3, -0.25) is 4.79 Å². The number of nitrogens with one attached hydrogen (secondary N) is 1. The highest BCUT2D eigenvalue weighted by atomic mass is 35.5. The van der Waals surface area contributed by atoms with Crippen LogP contribution >= 0.6 is 34.5 Å². The summed E-state index contributed by atoms with van der Waals surface area (Å²) in [4.78, 5) is 19.4. The van der Waals surface area contributed by atoms with E-state index in [-0.39, 0.29) is 12.3 Å². The second kappa shape index (κ2) is 10.3. The molecule has 2 N–H and O–H groups in total. The number of thiophene rings is 1. The molecule has 0 saturated heterocycles. The Bertz CT molecular complexity index is 1470. The smallest absolute Gasteiger partial charge is 0.268 e. The fraction of sp³-hybridized carbons (Fsp3) is 0.269. The van der Waals surface area contributed by atoms with E-state index in [9.17, 15) is 13.6 Å². The summed E-state index contributed by atoms with van der Waals surface area (Å²) in [6, 6.07) is 14.4. The van der Waals surface area contributed by atoms with Crippen LogP contribution in [0.3, 0.4) is 0 Å². The number of carbonyl (C=O) groups excluding carboxylic acids is 1. The maximum atomic E-state index is 12.7. The molecule has 5 rings (SSSR count). The zero-order chi connectivity index (χ0) is 26.3. The highest BCUT2D eigenvalue weighted by molar-refractivity contribution is 7.79. The molecule has 11 heteroatoms. The Labute approximate surface area is 230 Å². The van der Waals surface area contributed by atoms with Crippen LogP contribution in [0.5, 0.6) is 0 Å². The van der Waals surface area contributed by atoms with E-state index in [1.165, 1.54) is 0 Å². The number of anilines is 1. The van der Waals surface area contributed by atoms with Gasteiger partial charge in [-0.1, -0.05) is 52.6 Å². The number of hydrogen-bond donors (Lipinski definition) is 2. The van der Waals surface area contributed by atoms with Crippen molar-refractivity contribution in [2.45, 2.75) is 43.8 Å². The predicted molar refractivity (Wildman–Crippen MR) is 147 cm³/mol. The van der Waals surface area contributed by atoms with Crippen molar-refractivity contribution < 1.29 is 18.1 Å². The minimum Gasteiger partial charge on any atom is -0.333 e. The maximum absolute atomic E-state index is 12.7. The second-order valence-electron chi connectivity index (χ2n) is 9.12. The molecule has 1 aliphatic carbocycles. The van der Waals surface area contributed by atoms with Crippen molar-refractivity contribution in [3.63, 3.8) is 0 Å². The van der Waals surface area contributed by atoms with Gasteiger partial charge in [-0.15, -0.1) is 11.3 Å². The van der Waals surface area contributed by atoms with Crippen molar-refractivity contribution >= 4 is 57.2 Å². The SMILES string of the molecule is Cc1ccc(-c2nc(C3(c4c(Cl)cc(NC(=O)Cc5ccc(C(C)S(=O)O)cc5)cc4Cl)CC3)no2)s1. The van der Waals surface area contributed by atoms with Gasteiger partial charge in [0.1, 0.15) is 0 Å². The van der Waals surface area contributed by atoms with Crippen LogP contribution in [0.1, 0.15) is 52.4 Å². The molecule has 1 saturated carbocycles. The lowest BCUT2D eigenvalue weighted by Gasteiger charge is -2.17. The molecule has 7 nitrogen and oxygen atoms in total. The molecule has 1 amide bonds. The maximum Gasteiger partial charge on any atom is 0.268 e. The van der Waals surface area contributed by atoms with E-state index in [0.29, 0.717) is 27.4 Å². The van der Waals surface area contributed by atoms with Crippen LogP contribution < -0.4 is 5.32 Å². The molecule has 2 heterocycles. The van der Waals surface area contributed by atoms with Gasteiger partial charge in [-0.2, -0.15) is 4.98 Å². The number of amides is 1. The summed E-state index contributed by atoms with van der Waals surface area (Å²) >= 11 is 13.0. The summed E-state index contributed by atoms with van der Waals surface area (Å²) in [6.07, 6.45) is 1.71. The molecule has 0 bridgehead atoms. The van der Waals surface area contributed by atoms with Crippen LogP contribution in [0.4, 0.5) is 5.69 Å². The molecule has 4 aromatic rings. The van der Waals surface area contributed by atoms with Gasteiger partial charge < -0.3 is 14.4 Å². The Balaban J connectivity index is 1.31. The highest BCUT2D eigenvalue weighted by Gasteiger charge is 2.52. The average Bonchev–Trinajstić information content (AvgIpc) is 3.25. The summed E-state index contributed by atoms with van der Waals surface area (Å²) in [7, 11) is 0. The number of rotatable bonds is 8. The quantitative estimate of drug-likeness (QED) is 0.220. The van der Waals surface area contributed by atoms with Crippen molar-refractivity contribution in [2.75, 3.05) is 5.32 Å². The predicted octanol–water partition coefficient (Wildman–Crippen LogP) is 6.96. The molecule has 2 aromatic heterocycles. The van der Waals surface area contributed by atoms with Gasteiger partial charge in [-0.25, -0.2) is 4.21 Å². The highest BCUT2D eigenvalue weighted by Crippen LogP contribution is 2.57. The number of nitrogens with zero attached hydrogens (tertiary/aromatic N) is 2. The molecule has 0 aliphatic heterocycles. The van der Waals surface area contributed by atoms with Gasteiger partial charge in [0.2, 0.25) is 5.91 Å². The Morgan fingerprint density at radius 2 is 1.86 bits per heavy atom. The number of carbonyl (C=O) groups is 1. The Morgan fingerprint density at radius 3 is 2.43 bits per heavy atom. The van der Waals surface area contributed by atoms with E-state index in [0.717, 1.165) is 39.3 Å². The molecular formula is C26H23Cl2N3O4S2. The summed E-state index contributed by atoms with van der Waals surface area (Å²) in [5.74, 6) is 0.793. The zero-order valence-corrected chi connectivity index (χ0v) is 23.1. The van der Waals surface area contributed by atoms with Crippen LogP contribution in [-0.4, -0.2) is 24.8 Å². The number of benzene rings is 2. The van der Waals surface area contributed by atoms with Gasteiger partial charge in [0.05, 0.1) is 22.0 Å². The van der Waals surface area contributed by atoms with E-state index >= 15 is 0 Å². The second-order valence-corrected chi connectivity index (χ2v) is 12.5. The van der Waals surface area contributed by atoms with Crippen LogP contribution in [0, 0.1) is 6.92 Å². The third-order valence-corrected chi connectivity index (χ3v) is 8.94. The van der Waals surface area contributed by atoms with E-state index < -0.39 is 21.7 Å². The first-order chi connectivity index (χ1) is 17.7. The van der Waals surface area contributed by atoms with Gasteiger partial charge in [-0.05, 0) is 62.1 Å². The van der Waals surface area contributed by atoms with E-state index in [1.807, 2.05) is 19.1 Å². The normalized spacial score (nSPS) is 15.8. The molecule has 192 valence electrons. The number of halogens is 2. The molecule has 1 aliphatic rings. The zero-order valence-electron chi connectivity index (χ0n) is 20.0.